The van der Waals surface area contributed by atoms with Gasteiger partial charge in [0.25, 0.3) is 5.91 Å². The molecular formula is C25H25FN2OS. The predicted octanol–water partition coefficient (Wildman–Crippen LogP) is 6.63. The predicted molar refractivity (Wildman–Crippen MR) is 123 cm³/mol. The summed E-state index contributed by atoms with van der Waals surface area (Å²) in [6.45, 7) is 6.25. The van der Waals surface area contributed by atoms with Gasteiger partial charge < -0.3 is 5.32 Å². The third-order valence-electron chi connectivity index (χ3n) is 5.64. The summed E-state index contributed by atoms with van der Waals surface area (Å²) in [4.78, 5) is 19.3. The maximum absolute atomic E-state index is 13.4. The number of nitrogens with zero attached hydrogens (tertiary/aromatic N) is 1. The third kappa shape index (κ3) is 4.21. The Morgan fingerprint density at radius 2 is 1.87 bits per heavy atom. The van der Waals surface area contributed by atoms with Crippen molar-refractivity contribution in [3.63, 3.8) is 0 Å². The summed E-state index contributed by atoms with van der Waals surface area (Å²) < 4.78 is 13.2. The van der Waals surface area contributed by atoms with E-state index in [1.54, 1.807) is 29.7 Å². The van der Waals surface area contributed by atoms with Crippen molar-refractivity contribution in [2.24, 2.45) is 10.9 Å². The number of halogens is 1. The molecule has 0 aliphatic heterocycles. The number of carbonyl (C=O) groups is 1. The molecule has 1 amide bonds. The summed E-state index contributed by atoms with van der Waals surface area (Å²) in [7, 11) is 0. The second kappa shape index (κ2) is 8.52. The molecule has 0 fully saturated rings. The highest BCUT2D eigenvalue weighted by Gasteiger charge is 2.27. The van der Waals surface area contributed by atoms with Crippen molar-refractivity contribution in [3.8, 4) is 0 Å². The van der Waals surface area contributed by atoms with Gasteiger partial charge in [-0.1, -0.05) is 37.3 Å². The number of nitrogens with one attached hydrogen (secondary N) is 1. The minimum Gasteiger partial charge on any atom is -0.321 e. The molecule has 30 heavy (non-hydrogen) atoms. The number of carbonyl (C=O) groups excluding carboxylic acids is 1. The molecule has 2 aromatic carbocycles. The van der Waals surface area contributed by atoms with Crippen LogP contribution in [0, 0.1) is 25.6 Å². The van der Waals surface area contributed by atoms with Gasteiger partial charge in [-0.2, -0.15) is 0 Å². The Morgan fingerprint density at radius 3 is 2.57 bits per heavy atom. The number of fused-ring (bicyclic) bond motifs is 1. The zero-order chi connectivity index (χ0) is 21.3. The molecule has 4 rings (SSSR count). The molecule has 5 heteroatoms. The van der Waals surface area contributed by atoms with Gasteiger partial charge >= 0.3 is 0 Å². The fourth-order valence-electron chi connectivity index (χ4n) is 3.93. The zero-order valence-corrected chi connectivity index (χ0v) is 18.3. The summed E-state index contributed by atoms with van der Waals surface area (Å²) in [5.41, 5.74) is 5.56. The van der Waals surface area contributed by atoms with E-state index >= 15 is 0 Å². The number of para-hydroxylation sites is 1. The van der Waals surface area contributed by atoms with Crippen molar-refractivity contribution in [2.45, 2.75) is 40.0 Å². The van der Waals surface area contributed by atoms with Crippen LogP contribution in [-0.2, 0) is 12.8 Å². The van der Waals surface area contributed by atoms with Crippen LogP contribution in [0.2, 0.25) is 0 Å². The van der Waals surface area contributed by atoms with Gasteiger partial charge in [0, 0.05) is 16.8 Å². The number of anilines is 1. The minimum atomic E-state index is -0.276. The number of thiophene rings is 1. The molecule has 3 nitrogen and oxygen atoms in total. The Bertz CT molecular complexity index is 1090. The number of benzene rings is 2. The van der Waals surface area contributed by atoms with Crippen molar-refractivity contribution in [3.05, 3.63) is 81.0 Å². The smallest absolute Gasteiger partial charge is 0.259 e. The molecule has 1 aliphatic rings. The zero-order valence-electron chi connectivity index (χ0n) is 17.5. The van der Waals surface area contributed by atoms with Crippen molar-refractivity contribution in [2.75, 3.05) is 5.32 Å². The molecule has 1 aliphatic carbocycles. The van der Waals surface area contributed by atoms with Crippen LogP contribution in [0.3, 0.4) is 0 Å². The fraction of sp³-hybridized carbons (Fsp3) is 0.280. The van der Waals surface area contributed by atoms with E-state index in [1.807, 2.05) is 32.0 Å². The van der Waals surface area contributed by atoms with Crippen LogP contribution in [0.5, 0.6) is 0 Å². The molecule has 1 heterocycles. The van der Waals surface area contributed by atoms with Crippen molar-refractivity contribution in [1.29, 1.82) is 0 Å². The lowest BCUT2D eigenvalue weighted by Crippen LogP contribution is -2.17. The van der Waals surface area contributed by atoms with E-state index in [0.717, 1.165) is 52.2 Å². The Hall–Kier alpha value is -2.79. The second-order valence-corrected chi connectivity index (χ2v) is 9.15. The molecule has 1 N–H and O–H groups in total. The van der Waals surface area contributed by atoms with Gasteiger partial charge in [0.05, 0.1) is 5.56 Å². The van der Waals surface area contributed by atoms with Crippen LogP contribution in [0.4, 0.5) is 15.1 Å². The lowest BCUT2D eigenvalue weighted by molar-refractivity contribution is 0.102. The number of aryl methyl sites for hydroxylation is 2. The average molecular weight is 421 g/mol. The van der Waals surface area contributed by atoms with Crippen molar-refractivity contribution < 1.29 is 9.18 Å². The first-order valence-electron chi connectivity index (χ1n) is 10.2. The van der Waals surface area contributed by atoms with E-state index in [9.17, 15) is 9.18 Å². The Labute approximate surface area is 180 Å². The molecular weight excluding hydrogens is 395 g/mol. The van der Waals surface area contributed by atoms with Crippen LogP contribution in [0.1, 0.15) is 50.8 Å². The molecule has 0 unspecified atom stereocenters. The summed E-state index contributed by atoms with van der Waals surface area (Å²) >= 11 is 1.60. The topological polar surface area (TPSA) is 41.5 Å². The van der Waals surface area contributed by atoms with Gasteiger partial charge in [-0.3, -0.25) is 4.79 Å². The maximum atomic E-state index is 13.4. The van der Waals surface area contributed by atoms with E-state index in [-0.39, 0.29) is 11.7 Å². The number of hydrogen-bond acceptors (Lipinski definition) is 3. The van der Waals surface area contributed by atoms with Crippen LogP contribution in [0.25, 0.3) is 0 Å². The standard InChI is InChI=1S/C25H25FN2OS/c1-15-7-12-20-21(13-15)30-25(27-14-18-8-10-19(26)11-9-18)22(20)24(29)28-23-16(2)5-4-6-17(23)3/h4-6,8-11,14-15H,7,12-13H2,1-3H3,(H,28,29)/t15-/m1/s1. The highest BCUT2D eigenvalue weighted by molar-refractivity contribution is 7.16. The molecule has 0 bridgehead atoms. The van der Waals surface area contributed by atoms with Crippen LogP contribution in [0.15, 0.2) is 47.5 Å². The first-order valence-corrected chi connectivity index (χ1v) is 11.1. The minimum absolute atomic E-state index is 0.106. The van der Waals surface area contributed by atoms with E-state index in [4.69, 9.17) is 0 Å². The van der Waals surface area contributed by atoms with Crippen molar-refractivity contribution in [1.82, 2.24) is 0 Å². The lowest BCUT2D eigenvalue weighted by atomic mass is 9.88. The molecule has 154 valence electrons. The first-order chi connectivity index (χ1) is 14.4. The van der Waals surface area contributed by atoms with Gasteiger partial charge in [0.15, 0.2) is 0 Å². The molecule has 0 saturated carbocycles. The Kier molecular flexibility index (Phi) is 5.82. The first kappa shape index (κ1) is 20.5. The Morgan fingerprint density at radius 1 is 1.17 bits per heavy atom. The van der Waals surface area contributed by atoms with E-state index < -0.39 is 0 Å². The molecule has 0 spiro atoms. The monoisotopic (exact) mass is 420 g/mol. The van der Waals surface area contributed by atoms with Crippen molar-refractivity contribution >= 4 is 34.1 Å². The number of rotatable bonds is 4. The molecule has 0 saturated heterocycles. The average Bonchev–Trinajstić information content (AvgIpc) is 3.07. The molecule has 1 atom stereocenters. The quantitative estimate of drug-likeness (QED) is 0.473. The van der Waals surface area contributed by atoms with Crippen LogP contribution >= 0.6 is 11.3 Å². The summed E-state index contributed by atoms with van der Waals surface area (Å²) in [5.74, 6) is 0.228. The second-order valence-electron chi connectivity index (χ2n) is 8.06. The number of amides is 1. The number of hydrogen-bond donors (Lipinski definition) is 1. The van der Waals surface area contributed by atoms with E-state index in [0.29, 0.717) is 11.5 Å². The van der Waals surface area contributed by atoms with Gasteiger partial charge in [-0.15, -0.1) is 11.3 Å². The van der Waals surface area contributed by atoms with Gasteiger partial charge in [-0.25, -0.2) is 9.38 Å². The van der Waals surface area contributed by atoms with Crippen LogP contribution in [-0.4, -0.2) is 12.1 Å². The number of aliphatic imine (C=N–C) groups is 1. The van der Waals surface area contributed by atoms with Gasteiger partial charge in [0.1, 0.15) is 10.8 Å². The molecule has 1 aromatic heterocycles. The highest BCUT2D eigenvalue weighted by Crippen LogP contribution is 2.41. The van der Waals surface area contributed by atoms with E-state index in [1.165, 1.54) is 17.0 Å². The normalized spacial score (nSPS) is 15.9. The SMILES string of the molecule is Cc1cccc(C)c1NC(=O)c1c(N=Cc2ccc(F)cc2)sc2c1CC[C@@H](C)C2. The summed E-state index contributed by atoms with van der Waals surface area (Å²) in [5, 5.41) is 3.86. The van der Waals surface area contributed by atoms with Gasteiger partial charge in [0.2, 0.25) is 0 Å². The largest absolute Gasteiger partial charge is 0.321 e. The Balaban J connectivity index is 1.71. The molecule has 0 radical (unpaired) electrons. The molecule has 3 aromatic rings. The van der Waals surface area contributed by atoms with Gasteiger partial charge in [-0.05, 0) is 73.4 Å². The third-order valence-corrected chi connectivity index (χ3v) is 6.80. The van der Waals surface area contributed by atoms with E-state index in [2.05, 4.69) is 17.2 Å². The lowest BCUT2D eigenvalue weighted by Gasteiger charge is -2.19. The fourth-order valence-corrected chi connectivity index (χ4v) is 5.28. The highest BCUT2D eigenvalue weighted by atomic mass is 32.1. The summed E-state index contributed by atoms with van der Waals surface area (Å²) in [6.07, 6.45) is 4.66. The summed E-state index contributed by atoms with van der Waals surface area (Å²) in [6, 6.07) is 12.2. The van der Waals surface area contributed by atoms with Crippen LogP contribution < -0.4 is 5.32 Å². The maximum Gasteiger partial charge on any atom is 0.259 e.